The molecule has 2 rings (SSSR count). The fourth-order valence-electron chi connectivity index (χ4n) is 3.22. The van der Waals surface area contributed by atoms with Crippen molar-refractivity contribution in [1.29, 1.82) is 0 Å². The molecule has 2 aromatic rings. The Hall–Kier alpha value is -2.04. The van der Waals surface area contributed by atoms with Gasteiger partial charge < -0.3 is 9.47 Å². The van der Waals surface area contributed by atoms with E-state index in [4.69, 9.17) is 32.7 Å². The van der Waals surface area contributed by atoms with Crippen LogP contribution in [0.2, 0.25) is 10.0 Å². The third-order valence-corrected chi connectivity index (χ3v) is 4.95. The van der Waals surface area contributed by atoms with Crippen molar-refractivity contribution in [3.8, 4) is 0 Å². The van der Waals surface area contributed by atoms with Crippen molar-refractivity contribution in [3.63, 3.8) is 0 Å². The number of ether oxygens (including phenoxy) is 2. The van der Waals surface area contributed by atoms with E-state index in [-0.39, 0.29) is 12.3 Å². The molecule has 0 aromatic heterocycles. The average molecular weight is 451 g/mol. The quantitative estimate of drug-likeness (QED) is 0.456. The molecule has 0 N–H and O–H groups in total. The van der Waals surface area contributed by atoms with E-state index in [9.17, 15) is 9.59 Å². The van der Waals surface area contributed by atoms with Crippen LogP contribution in [0.5, 0.6) is 0 Å². The van der Waals surface area contributed by atoms with Gasteiger partial charge in [0, 0.05) is 16.0 Å². The van der Waals surface area contributed by atoms with Crippen molar-refractivity contribution in [2.45, 2.75) is 58.7 Å². The van der Waals surface area contributed by atoms with E-state index < -0.39 is 29.6 Å². The van der Waals surface area contributed by atoms with Crippen LogP contribution in [0, 0.1) is 5.92 Å². The molecular formula is C24H28Cl2O4. The number of rotatable bonds is 7. The van der Waals surface area contributed by atoms with Crippen LogP contribution < -0.4 is 0 Å². The van der Waals surface area contributed by atoms with Gasteiger partial charge >= 0.3 is 11.9 Å². The van der Waals surface area contributed by atoms with Crippen molar-refractivity contribution in [2.75, 3.05) is 0 Å². The second-order valence-corrected chi connectivity index (χ2v) is 9.29. The van der Waals surface area contributed by atoms with Crippen LogP contribution in [0.3, 0.4) is 0 Å². The van der Waals surface area contributed by atoms with Gasteiger partial charge in [-0.15, -0.1) is 0 Å². The summed E-state index contributed by atoms with van der Waals surface area (Å²) in [7, 11) is 0. The maximum atomic E-state index is 12.7. The van der Waals surface area contributed by atoms with E-state index in [0.717, 1.165) is 11.1 Å². The molecule has 2 atom stereocenters. The molecule has 0 unspecified atom stereocenters. The number of esters is 2. The van der Waals surface area contributed by atoms with Gasteiger partial charge in [-0.2, -0.15) is 0 Å². The van der Waals surface area contributed by atoms with Crippen LogP contribution in [0.1, 0.15) is 58.1 Å². The lowest BCUT2D eigenvalue weighted by Gasteiger charge is -2.27. The van der Waals surface area contributed by atoms with Crippen molar-refractivity contribution >= 4 is 35.1 Å². The molecule has 0 saturated carbocycles. The fourth-order valence-corrected chi connectivity index (χ4v) is 3.62. The zero-order chi connectivity index (χ0) is 22.5. The Balaban J connectivity index is 2.19. The molecule has 0 saturated heterocycles. The summed E-state index contributed by atoms with van der Waals surface area (Å²) in [4.78, 5) is 24.7. The fraction of sp³-hybridized carbons (Fsp3) is 0.417. The third kappa shape index (κ3) is 7.33. The van der Waals surface area contributed by atoms with Gasteiger partial charge in [-0.05, 0) is 63.1 Å². The lowest BCUT2D eigenvalue weighted by atomic mass is 9.87. The Kier molecular flexibility index (Phi) is 8.34. The summed E-state index contributed by atoms with van der Waals surface area (Å²) < 4.78 is 11.1. The van der Waals surface area contributed by atoms with E-state index in [2.05, 4.69) is 0 Å². The van der Waals surface area contributed by atoms with Crippen LogP contribution in [-0.2, 0) is 19.1 Å². The van der Waals surface area contributed by atoms with E-state index in [1.54, 1.807) is 39.8 Å². The number of carbonyl (C=O) groups excluding carboxylic acids is 2. The Bertz CT molecular complexity index is 843. The van der Waals surface area contributed by atoms with Crippen LogP contribution >= 0.6 is 23.2 Å². The molecule has 2 aromatic carbocycles. The van der Waals surface area contributed by atoms with E-state index in [1.165, 1.54) is 0 Å². The summed E-state index contributed by atoms with van der Waals surface area (Å²) in [6.45, 7) is 8.85. The van der Waals surface area contributed by atoms with E-state index in [0.29, 0.717) is 10.0 Å². The van der Waals surface area contributed by atoms with E-state index >= 15 is 0 Å². The summed E-state index contributed by atoms with van der Waals surface area (Å²) in [5.41, 5.74) is 1.22. The predicted octanol–water partition coefficient (Wildman–Crippen LogP) is 6.42. The number of carbonyl (C=O) groups is 2. The van der Waals surface area contributed by atoms with Crippen molar-refractivity contribution in [1.82, 2.24) is 0 Å². The molecule has 0 fully saturated rings. The Morgan fingerprint density at radius 2 is 1.43 bits per heavy atom. The van der Waals surface area contributed by atoms with E-state index in [1.807, 2.05) is 43.3 Å². The molecule has 0 bridgehead atoms. The Morgan fingerprint density at radius 1 is 0.933 bits per heavy atom. The largest absolute Gasteiger partial charge is 0.461 e. The predicted molar refractivity (Wildman–Crippen MR) is 120 cm³/mol. The average Bonchev–Trinajstić information content (AvgIpc) is 2.60. The smallest absolute Gasteiger partial charge is 0.309 e. The zero-order valence-corrected chi connectivity index (χ0v) is 19.5. The number of hydrogen-bond acceptors (Lipinski definition) is 4. The minimum absolute atomic E-state index is 0.0399. The highest BCUT2D eigenvalue weighted by Gasteiger charge is 2.29. The molecule has 0 aliphatic heterocycles. The number of halogens is 2. The monoisotopic (exact) mass is 450 g/mol. The van der Waals surface area contributed by atoms with Crippen LogP contribution in [0.25, 0.3) is 0 Å². The maximum absolute atomic E-state index is 12.7. The van der Waals surface area contributed by atoms with Gasteiger partial charge in [0.2, 0.25) is 0 Å². The van der Waals surface area contributed by atoms with Gasteiger partial charge in [-0.25, -0.2) is 0 Å². The summed E-state index contributed by atoms with van der Waals surface area (Å²) >= 11 is 12.4. The maximum Gasteiger partial charge on any atom is 0.309 e. The first kappa shape index (κ1) is 24.2. The highest BCUT2D eigenvalue weighted by Crippen LogP contribution is 2.33. The number of benzene rings is 2. The van der Waals surface area contributed by atoms with Crippen LogP contribution in [-0.4, -0.2) is 23.6 Å². The van der Waals surface area contributed by atoms with Crippen LogP contribution in [0.15, 0.2) is 48.5 Å². The van der Waals surface area contributed by atoms with Gasteiger partial charge in [0.25, 0.3) is 0 Å². The minimum Gasteiger partial charge on any atom is -0.461 e. The second-order valence-electron chi connectivity index (χ2n) is 8.42. The molecule has 30 heavy (non-hydrogen) atoms. The molecule has 0 spiro atoms. The Morgan fingerprint density at radius 3 is 1.87 bits per heavy atom. The van der Waals surface area contributed by atoms with Gasteiger partial charge in [-0.1, -0.05) is 54.4 Å². The van der Waals surface area contributed by atoms with Gasteiger partial charge in [0.1, 0.15) is 11.7 Å². The molecule has 0 aliphatic carbocycles. The van der Waals surface area contributed by atoms with Gasteiger partial charge in [0.05, 0.1) is 12.3 Å². The van der Waals surface area contributed by atoms with Crippen molar-refractivity contribution < 1.29 is 19.1 Å². The highest BCUT2D eigenvalue weighted by atomic mass is 35.5. The van der Waals surface area contributed by atoms with Crippen LogP contribution in [0.4, 0.5) is 0 Å². The summed E-state index contributed by atoms with van der Waals surface area (Å²) in [5.74, 6) is -1.77. The summed E-state index contributed by atoms with van der Waals surface area (Å²) in [6, 6.07) is 14.9. The van der Waals surface area contributed by atoms with Crippen molar-refractivity contribution in [2.24, 2.45) is 5.92 Å². The first-order valence-corrected chi connectivity index (χ1v) is 10.6. The summed E-state index contributed by atoms with van der Waals surface area (Å²) in [6.07, 6.45) is -0.544. The summed E-state index contributed by atoms with van der Waals surface area (Å²) in [5, 5.41) is 1.19. The molecule has 6 heteroatoms. The zero-order valence-electron chi connectivity index (χ0n) is 17.9. The third-order valence-electron chi connectivity index (χ3n) is 4.48. The Labute approximate surface area is 188 Å². The molecule has 0 aliphatic rings. The first-order valence-electron chi connectivity index (χ1n) is 9.89. The van der Waals surface area contributed by atoms with Gasteiger partial charge in [-0.3, -0.25) is 9.59 Å². The molecule has 0 heterocycles. The van der Waals surface area contributed by atoms with Gasteiger partial charge in [0.15, 0.2) is 0 Å². The molecule has 4 nitrogen and oxygen atoms in total. The SMILES string of the molecule is C[C@H](CC(=O)OC(C)(C)C)C(=O)O[C@@H](C)C(c1cccc(Cl)c1)c1cccc(Cl)c1. The highest BCUT2D eigenvalue weighted by molar-refractivity contribution is 6.31. The minimum atomic E-state index is -0.623. The molecule has 162 valence electrons. The lowest BCUT2D eigenvalue weighted by molar-refractivity contribution is -0.163. The second kappa shape index (κ2) is 10.3. The first-order chi connectivity index (χ1) is 14.0. The number of hydrogen-bond donors (Lipinski definition) is 0. The molecule has 0 amide bonds. The van der Waals surface area contributed by atoms with Crippen molar-refractivity contribution in [3.05, 3.63) is 69.7 Å². The molecular weight excluding hydrogens is 423 g/mol. The molecule has 0 radical (unpaired) electrons. The topological polar surface area (TPSA) is 52.6 Å². The normalized spacial score (nSPS) is 13.6. The standard InChI is InChI=1S/C24H28Cl2O4/c1-15(12-21(27)30-24(3,4)5)23(28)29-16(2)22(17-8-6-10-19(25)13-17)18-9-7-11-20(26)14-18/h6-11,13-16,22H,12H2,1-5H3/t15-,16+/m1/s1. The lowest BCUT2D eigenvalue weighted by Crippen LogP contribution is -2.30.